The molecule has 2 nitrogen and oxygen atoms in total. The number of hydrogen-bond acceptors (Lipinski definition) is 3. The number of rotatable bonds is 3. The first-order valence-electron chi connectivity index (χ1n) is 3.67. The smallest absolute Gasteiger partial charge is 0.321 e. The number of benzene rings is 1. The van der Waals surface area contributed by atoms with Crippen LogP contribution in [-0.4, -0.2) is 17.6 Å². The van der Waals surface area contributed by atoms with Gasteiger partial charge in [-0.2, -0.15) is 0 Å². The second-order valence-electron chi connectivity index (χ2n) is 2.26. The Bertz CT molecular complexity index is 301. The molecule has 0 spiro atoms. The molecule has 1 aromatic carbocycles. The molecule has 0 aliphatic heterocycles. The van der Waals surface area contributed by atoms with Crippen molar-refractivity contribution in [2.75, 3.05) is 11.6 Å². The summed E-state index contributed by atoms with van der Waals surface area (Å²) < 4.78 is 5.08. The normalized spacial score (nSPS) is 9.69. The molecule has 0 saturated heterocycles. The molecule has 70 valence electrons. The number of esters is 1. The van der Waals surface area contributed by atoms with Gasteiger partial charge in [-0.25, -0.2) is 0 Å². The largest absolute Gasteiger partial charge is 0.425 e. The SMILES string of the molecule is CSc1ccccc1OC(=O)CBr. The summed E-state index contributed by atoms with van der Waals surface area (Å²) in [7, 11) is 0. The van der Waals surface area contributed by atoms with E-state index in [-0.39, 0.29) is 11.3 Å². The first-order chi connectivity index (χ1) is 6.27. The molecule has 4 heteroatoms. The van der Waals surface area contributed by atoms with E-state index in [2.05, 4.69) is 15.9 Å². The van der Waals surface area contributed by atoms with Crippen LogP contribution >= 0.6 is 27.7 Å². The van der Waals surface area contributed by atoms with Gasteiger partial charge in [0.25, 0.3) is 0 Å². The highest BCUT2D eigenvalue weighted by Gasteiger charge is 2.05. The van der Waals surface area contributed by atoms with E-state index in [1.54, 1.807) is 17.8 Å². The molecule has 0 radical (unpaired) electrons. The molecule has 1 rings (SSSR count). The molecule has 0 aliphatic carbocycles. The van der Waals surface area contributed by atoms with Crippen LogP contribution < -0.4 is 4.74 Å². The Kier molecular flexibility index (Phi) is 4.32. The summed E-state index contributed by atoms with van der Waals surface area (Å²) in [6.07, 6.45) is 1.95. The van der Waals surface area contributed by atoms with Crippen molar-refractivity contribution in [1.82, 2.24) is 0 Å². The lowest BCUT2D eigenvalue weighted by Crippen LogP contribution is -2.09. The van der Waals surface area contributed by atoms with Crippen LogP contribution in [0.3, 0.4) is 0 Å². The van der Waals surface area contributed by atoms with Crippen molar-refractivity contribution in [3.05, 3.63) is 24.3 Å². The van der Waals surface area contributed by atoms with Crippen molar-refractivity contribution >= 4 is 33.7 Å². The van der Waals surface area contributed by atoms with Gasteiger partial charge in [0.1, 0.15) is 11.1 Å². The van der Waals surface area contributed by atoms with Crippen LogP contribution in [0.25, 0.3) is 0 Å². The average Bonchev–Trinajstić information content (AvgIpc) is 2.18. The van der Waals surface area contributed by atoms with E-state index >= 15 is 0 Å². The van der Waals surface area contributed by atoms with Crippen LogP contribution in [0.5, 0.6) is 5.75 Å². The molecule has 0 aromatic heterocycles. The Balaban J connectivity index is 2.81. The van der Waals surface area contributed by atoms with Gasteiger partial charge in [0, 0.05) is 4.90 Å². The second-order valence-corrected chi connectivity index (χ2v) is 3.67. The van der Waals surface area contributed by atoms with Gasteiger partial charge in [-0.15, -0.1) is 11.8 Å². The average molecular weight is 261 g/mol. The summed E-state index contributed by atoms with van der Waals surface area (Å²) in [4.78, 5) is 11.9. The monoisotopic (exact) mass is 260 g/mol. The third kappa shape index (κ3) is 3.04. The second kappa shape index (κ2) is 5.29. The van der Waals surface area contributed by atoms with E-state index in [0.29, 0.717) is 5.75 Å². The predicted molar refractivity (Wildman–Crippen MR) is 57.7 cm³/mol. The summed E-state index contributed by atoms with van der Waals surface area (Å²) >= 11 is 4.59. The van der Waals surface area contributed by atoms with Crippen LogP contribution in [0.4, 0.5) is 0 Å². The lowest BCUT2D eigenvalue weighted by molar-refractivity contribution is -0.131. The van der Waals surface area contributed by atoms with E-state index in [4.69, 9.17) is 4.74 Å². The van der Waals surface area contributed by atoms with Crippen LogP contribution in [0.2, 0.25) is 0 Å². The first-order valence-corrected chi connectivity index (χ1v) is 6.02. The highest BCUT2D eigenvalue weighted by atomic mass is 79.9. The lowest BCUT2D eigenvalue weighted by Gasteiger charge is -2.05. The Hall–Kier alpha value is -0.480. The molecular formula is C9H9BrO2S. The van der Waals surface area contributed by atoms with Crippen molar-refractivity contribution in [3.63, 3.8) is 0 Å². The van der Waals surface area contributed by atoms with Gasteiger partial charge in [0.05, 0.1) is 0 Å². The quantitative estimate of drug-likeness (QED) is 0.362. The van der Waals surface area contributed by atoms with Crippen molar-refractivity contribution in [2.24, 2.45) is 0 Å². The molecule has 0 bridgehead atoms. The fourth-order valence-corrected chi connectivity index (χ4v) is 1.49. The number of ether oxygens (including phenoxy) is 1. The van der Waals surface area contributed by atoms with Crippen LogP contribution in [0.1, 0.15) is 0 Å². The van der Waals surface area contributed by atoms with Crippen LogP contribution in [0, 0.1) is 0 Å². The van der Waals surface area contributed by atoms with Crippen molar-refractivity contribution in [1.29, 1.82) is 0 Å². The van der Waals surface area contributed by atoms with Crippen molar-refractivity contribution in [3.8, 4) is 5.75 Å². The minimum atomic E-state index is -0.276. The molecule has 0 amide bonds. The molecule has 0 N–H and O–H groups in total. The Morgan fingerprint density at radius 1 is 1.54 bits per heavy atom. The van der Waals surface area contributed by atoms with E-state index in [1.807, 2.05) is 24.5 Å². The summed E-state index contributed by atoms with van der Waals surface area (Å²) in [5, 5.41) is 0.218. The number of carbonyl (C=O) groups excluding carboxylic acids is 1. The molecule has 0 fully saturated rings. The number of alkyl halides is 1. The summed E-state index contributed by atoms with van der Waals surface area (Å²) in [5.74, 6) is 0.348. The van der Waals surface area contributed by atoms with Crippen LogP contribution in [-0.2, 0) is 4.79 Å². The van der Waals surface area contributed by atoms with Crippen LogP contribution in [0.15, 0.2) is 29.2 Å². The van der Waals surface area contributed by atoms with Gasteiger partial charge < -0.3 is 4.74 Å². The molecule has 13 heavy (non-hydrogen) atoms. The predicted octanol–water partition coefficient (Wildman–Crippen LogP) is 2.71. The number of thioether (sulfide) groups is 1. The molecule has 1 aromatic rings. The minimum Gasteiger partial charge on any atom is -0.425 e. The van der Waals surface area contributed by atoms with Gasteiger partial charge in [-0.3, -0.25) is 4.79 Å². The van der Waals surface area contributed by atoms with Crippen molar-refractivity contribution < 1.29 is 9.53 Å². The standard InChI is InChI=1S/C9H9BrO2S/c1-13-8-5-3-2-4-7(8)12-9(11)6-10/h2-5H,6H2,1H3. The fourth-order valence-electron chi connectivity index (χ4n) is 0.853. The number of halogens is 1. The number of para-hydroxylation sites is 1. The Morgan fingerprint density at radius 3 is 2.85 bits per heavy atom. The van der Waals surface area contributed by atoms with Gasteiger partial charge in [0.15, 0.2) is 0 Å². The highest BCUT2D eigenvalue weighted by molar-refractivity contribution is 9.09. The van der Waals surface area contributed by atoms with E-state index < -0.39 is 0 Å². The maximum atomic E-state index is 11.0. The topological polar surface area (TPSA) is 26.3 Å². The van der Waals surface area contributed by atoms with E-state index in [1.165, 1.54) is 0 Å². The van der Waals surface area contributed by atoms with Gasteiger partial charge in [-0.1, -0.05) is 28.1 Å². The number of hydrogen-bond donors (Lipinski definition) is 0. The molecular weight excluding hydrogens is 252 g/mol. The first kappa shape index (κ1) is 10.6. The van der Waals surface area contributed by atoms with E-state index in [0.717, 1.165) is 4.90 Å². The lowest BCUT2D eigenvalue weighted by atomic mass is 10.3. The zero-order chi connectivity index (χ0) is 9.68. The van der Waals surface area contributed by atoms with Gasteiger partial charge in [-0.05, 0) is 18.4 Å². The van der Waals surface area contributed by atoms with Gasteiger partial charge in [0.2, 0.25) is 0 Å². The van der Waals surface area contributed by atoms with Crippen molar-refractivity contribution in [2.45, 2.75) is 4.90 Å². The maximum Gasteiger partial charge on any atom is 0.321 e. The molecule has 0 aliphatic rings. The van der Waals surface area contributed by atoms with E-state index in [9.17, 15) is 4.79 Å². The highest BCUT2D eigenvalue weighted by Crippen LogP contribution is 2.26. The third-order valence-electron chi connectivity index (χ3n) is 1.40. The summed E-state index contributed by atoms with van der Waals surface area (Å²) in [6.45, 7) is 0. The molecule has 0 unspecified atom stereocenters. The fraction of sp³-hybridized carbons (Fsp3) is 0.222. The zero-order valence-electron chi connectivity index (χ0n) is 7.12. The molecule has 0 atom stereocenters. The Morgan fingerprint density at radius 2 is 2.23 bits per heavy atom. The Labute approximate surface area is 89.8 Å². The zero-order valence-corrected chi connectivity index (χ0v) is 9.52. The van der Waals surface area contributed by atoms with Gasteiger partial charge >= 0.3 is 5.97 Å². The minimum absolute atomic E-state index is 0.218. The maximum absolute atomic E-state index is 11.0. The molecule has 0 saturated carbocycles. The third-order valence-corrected chi connectivity index (χ3v) is 2.64. The number of carbonyl (C=O) groups is 1. The summed E-state index contributed by atoms with van der Waals surface area (Å²) in [5.41, 5.74) is 0. The summed E-state index contributed by atoms with van der Waals surface area (Å²) in [6, 6.07) is 7.46. The molecule has 0 heterocycles.